The van der Waals surface area contributed by atoms with E-state index in [0.29, 0.717) is 5.56 Å². The summed E-state index contributed by atoms with van der Waals surface area (Å²) in [6, 6.07) is 45.1. The molecule has 36 heavy (non-hydrogen) atoms. The van der Waals surface area contributed by atoms with Gasteiger partial charge in [-0.25, -0.2) is 0 Å². The maximum atomic E-state index is 14.1. The Labute approximate surface area is 208 Å². The third-order valence-electron chi connectivity index (χ3n) is 6.91. The van der Waals surface area contributed by atoms with Gasteiger partial charge in [0.25, 0.3) is 5.91 Å². The van der Waals surface area contributed by atoms with Gasteiger partial charge in [-0.3, -0.25) is 9.36 Å². The second-order valence-electron chi connectivity index (χ2n) is 8.99. The van der Waals surface area contributed by atoms with Crippen LogP contribution in [0.4, 0.5) is 0 Å². The van der Waals surface area contributed by atoms with Crippen molar-refractivity contribution in [1.29, 1.82) is 0 Å². The molecule has 0 fully saturated rings. The summed E-state index contributed by atoms with van der Waals surface area (Å²) < 4.78 is 4.19. The van der Waals surface area contributed by atoms with Crippen LogP contribution in [0.3, 0.4) is 0 Å². The monoisotopic (exact) mass is 462 g/mol. The van der Waals surface area contributed by atoms with Crippen LogP contribution in [-0.4, -0.2) is 15.0 Å². The first-order valence-electron chi connectivity index (χ1n) is 12.1. The zero-order valence-electron chi connectivity index (χ0n) is 19.5. The molecule has 0 N–H and O–H groups in total. The molecule has 0 aliphatic heterocycles. The van der Waals surface area contributed by atoms with Crippen LogP contribution in [0.15, 0.2) is 133 Å². The Hall–Kier alpha value is -4.89. The molecule has 170 valence electrons. The molecule has 2 heterocycles. The highest BCUT2D eigenvalue weighted by Gasteiger charge is 2.23. The molecular formula is C33H22N2O. The van der Waals surface area contributed by atoms with E-state index in [0.717, 1.165) is 49.7 Å². The summed E-state index contributed by atoms with van der Waals surface area (Å²) in [5.41, 5.74) is 6.81. The van der Waals surface area contributed by atoms with Crippen molar-refractivity contribution < 1.29 is 4.79 Å². The van der Waals surface area contributed by atoms with Crippen molar-refractivity contribution in [2.75, 3.05) is 0 Å². The fraction of sp³-hybridized carbons (Fsp3) is 0. The highest BCUT2D eigenvalue weighted by atomic mass is 16.2. The number of carbonyl (C=O) groups excluding carboxylic acids is 1. The average Bonchev–Trinajstić information content (AvgIpc) is 3.50. The van der Waals surface area contributed by atoms with Gasteiger partial charge in [0.05, 0.1) is 22.2 Å². The zero-order chi connectivity index (χ0) is 24.1. The standard InChI is InChI=1S/C33H22N2O/c36-33(24-14-6-2-7-15-24)35-29-19-11-10-18-27(29)28-21-20-25-22-30(23-12-4-1-5-13-23)34(31(25)32(28)35)26-16-8-3-9-17-26/h1-22H. The minimum absolute atomic E-state index is 0.0311. The summed E-state index contributed by atoms with van der Waals surface area (Å²) in [6.07, 6.45) is 0. The molecule has 0 unspecified atom stereocenters. The van der Waals surface area contributed by atoms with Crippen molar-refractivity contribution in [3.63, 3.8) is 0 Å². The Kier molecular flexibility index (Phi) is 4.61. The Balaban J connectivity index is 1.69. The maximum Gasteiger partial charge on any atom is 0.262 e. The quantitative estimate of drug-likeness (QED) is 0.261. The lowest BCUT2D eigenvalue weighted by molar-refractivity contribution is 0.0969. The smallest absolute Gasteiger partial charge is 0.262 e. The molecule has 0 aliphatic carbocycles. The molecule has 3 nitrogen and oxygen atoms in total. The van der Waals surface area contributed by atoms with Crippen molar-refractivity contribution in [3.8, 4) is 16.9 Å². The lowest BCUT2D eigenvalue weighted by Gasteiger charge is -2.14. The van der Waals surface area contributed by atoms with Crippen LogP contribution in [0.2, 0.25) is 0 Å². The molecule has 3 heteroatoms. The topological polar surface area (TPSA) is 26.9 Å². The van der Waals surface area contributed by atoms with Crippen molar-refractivity contribution in [1.82, 2.24) is 9.13 Å². The number of rotatable bonds is 3. The molecule has 0 aliphatic rings. The number of carbonyl (C=O) groups is 1. The van der Waals surface area contributed by atoms with Crippen LogP contribution >= 0.6 is 0 Å². The van der Waals surface area contributed by atoms with Crippen molar-refractivity contribution in [2.45, 2.75) is 0 Å². The second-order valence-corrected chi connectivity index (χ2v) is 8.99. The molecule has 7 rings (SSSR count). The minimum Gasteiger partial charge on any atom is -0.307 e. The molecule has 0 bridgehead atoms. The normalized spacial score (nSPS) is 11.4. The largest absolute Gasteiger partial charge is 0.307 e. The van der Waals surface area contributed by atoms with Crippen molar-refractivity contribution >= 4 is 38.6 Å². The number of fused-ring (bicyclic) bond motifs is 5. The van der Waals surface area contributed by atoms with Crippen LogP contribution in [0, 0.1) is 0 Å². The fourth-order valence-corrected chi connectivity index (χ4v) is 5.33. The van der Waals surface area contributed by atoms with E-state index in [2.05, 4.69) is 77.4 Å². The van der Waals surface area contributed by atoms with Crippen LogP contribution in [0.5, 0.6) is 0 Å². The van der Waals surface area contributed by atoms with Gasteiger partial charge in [-0.1, -0.05) is 97.1 Å². The Morgan fingerprint density at radius 1 is 0.556 bits per heavy atom. The first kappa shape index (κ1) is 20.5. The van der Waals surface area contributed by atoms with Gasteiger partial charge >= 0.3 is 0 Å². The van der Waals surface area contributed by atoms with Gasteiger partial charge in [0.1, 0.15) is 0 Å². The van der Waals surface area contributed by atoms with E-state index >= 15 is 0 Å². The molecule has 0 atom stereocenters. The fourth-order valence-electron chi connectivity index (χ4n) is 5.33. The summed E-state index contributed by atoms with van der Waals surface area (Å²) in [7, 11) is 0. The first-order valence-corrected chi connectivity index (χ1v) is 12.1. The average molecular weight is 463 g/mol. The van der Waals surface area contributed by atoms with Gasteiger partial charge in [0, 0.05) is 27.4 Å². The van der Waals surface area contributed by atoms with Gasteiger partial charge in [0.15, 0.2) is 0 Å². The van der Waals surface area contributed by atoms with Gasteiger partial charge in [-0.15, -0.1) is 0 Å². The summed E-state index contributed by atoms with van der Waals surface area (Å²) in [6.45, 7) is 0. The van der Waals surface area contributed by atoms with E-state index in [1.165, 1.54) is 0 Å². The van der Waals surface area contributed by atoms with E-state index in [4.69, 9.17) is 0 Å². The van der Waals surface area contributed by atoms with Crippen LogP contribution in [0.1, 0.15) is 10.4 Å². The summed E-state index contributed by atoms with van der Waals surface area (Å²) in [5.74, 6) is -0.0311. The number of para-hydroxylation sites is 2. The van der Waals surface area contributed by atoms with Gasteiger partial charge in [0.2, 0.25) is 0 Å². The summed E-state index contributed by atoms with van der Waals surface area (Å²) >= 11 is 0. The highest BCUT2D eigenvalue weighted by Crippen LogP contribution is 2.39. The maximum absolute atomic E-state index is 14.1. The molecular weight excluding hydrogens is 440 g/mol. The Bertz CT molecular complexity index is 1880. The lowest BCUT2D eigenvalue weighted by Crippen LogP contribution is -2.12. The summed E-state index contributed by atoms with van der Waals surface area (Å²) in [5, 5.41) is 3.23. The van der Waals surface area contributed by atoms with E-state index in [9.17, 15) is 4.79 Å². The number of benzene rings is 5. The van der Waals surface area contributed by atoms with Gasteiger partial charge in [-0.2, -0.15) is 0 Å². The zero-order valence-corrected chi connectivity index (χ0v) is 19.5. The number of aromatic nitrogens is 2. The van der Waals surface area contributed by atoms with E-state index in [1.54, 1.807) is 0 Å². The molecule has 7 aromatic rings. The number of hydrogen-bond acceptors (Lipinski definition) is 1. The number of nitrogens with zero attached hydrogens (tertiary/aromatic N) is 2. The van der Waals surface area contributed by atoms with E-state index in [1.807, 2.05) is 65.2 Å². The third kappa shape index (κ3) is 3.03. The van der Waals surface area contributed by atoms with Crippen LogP contribution < -0.4 is 0 Å². The third-order valence-corrected chi connectivity index (χ3v) is 6.91. The highest BCUT2D eigenvalue weighted by molar-refractivity contribution is 6.23. The minimum atomic E-state index is -0.0311. The molecule has 0 saturated heterocycles. The van der Waals surface area contributed by atoms with E-state index in [-0.39, 0.29) is 5.91 Å². The Morgan fingerprint density at radius 2 is 1.19 bits per heavy atom. The Morgan fingerprint density at radius 3 is 1.94 bits per heavy atom. The SMILES string of the molecule is O=C(c1ccccc1)n1c2ccccc2c2ccc3cc(-c4ccccc4)n(-c4ccccc4)c3c21. The second kappa shape index (κ2) is 8.10. The van der Waals surface area contributed by atoms with E-state index < -0.39 is 0 Å². The molecule has 5 aromatic carbocycles. The lowest BCUT2D eigenvalue weighted by atomic mass is 10.1. The van der Waals surface area contributed by atoms with Crippen molar-refractivity contribution in [3.05, 3.63) is 139 Å². The summed E-state index contributed by atoms with van der Waals surface area (Å²) in [4.78, 5) is 14.1. The molecule has 0 amide bonds. The van der Waals surface area contributed by atoms with Crippen LogP contribution in [0.25, 0.3) is 49.7 Å². The molecule has 2 aromatic heterocycles. The van der Waals surface area contributed by atoms with Gasteiger partial charge in [-0.05, 0) is 42.0 Å². The molecule has 0 radical (unpaired) electrons. The predicted octanol–water partition coefficient (Wildman–Crippen LogP) is 8.09. The predicted molar refractivity (Wildman–Crippen MR) is 148 cm³/mol. The van der Waals surface area contributed by atoms with Crippen molar-refractivity contribution in [2.24, 2.45) is 0 Å². The first-order chi connectivity index (χ1) is 17.8. The number of hydrogen-bond donors (Lipinski definition) is 0. The van der Waals surface area contributed by atoms with Crippen LogP contribution in [-0.2, 0) is 0 Å². The molecule has 0 spiro atoms. The van der Waals surface area contributed by atoms with Gasteiger partial charge < -0.3 is 4.57 Å². The molecule has 0 saturated carbocycles.